The SMILES string of the molecule is COc1ccc(N2CCC(C(=O)Nc3ccccc3OC)CC2)nn1. The highest BCUT2D eigenvalue weighted by molar-refractivity contribution is 5.94. The molecule has 1 aromatic carbocycles. The van der Waals surface area contributed by atoms with Gasteiger partial charge in [-0.3, -0.25) is 4.79 Å². The molecule has 0 atom stereocenters. The summed E-state index contributed by atoms with van der Waals surface area (Å²) in [7, 11) is 3.16. The number of benzene rings is 1. The lowest BCUT2D eigenvalue weighted by Gasteiger charge is -2.31. The zero-order valence-electron chi connectivity index (χ0n) is 14.4. The second-order valence-electron chi connectivity index (χ2n) is 5.88. The van der Waals surface area contributed by atoms with Gasteiger partial charge in [-0.05, 0) is 31.0 Å². The van der Waals surface area contributed by atoms with Crippen molar-refractivity contribution in [1.29, 1.82) is 0 Å². The van der Waals surface area contributed by atoms with Gasteiger partial charge in [-0.2, -0.15) is 0 Å². The van der Waals surface area contributed by atoms with Crippen LogP contribution in [0.1, 0.15) is 12.8 Å². The van der Waals surface area contributed by atoms with Gasteiger partial charge in [0.05, 0.1) is 19.9 Å². The normalized spacial score (nSPS) is 14.9. The zero-order valence-corrected chi connectivity index (χ0v) is 14.4. The van der Waals surface area contributed by atoms with E-state index >= 15 is 0 Å². The monoisotopic (exact) mass is 342 g/mol. The first-order chi connectivity index (χ1) is 12.2. The van der Waals surface area contributed by atoms with E-state index in [0.29, 0.717) is 17.3 Å². The number of rotatable bonds is 5. The van der Waals surface area contributed by atoms with E-state index in [4.69, 9.17) is 9.47 Å². The molecule has 132 valence electrons. The molecule has 7 nitrogen and oxygen atoms in total. The van der Waals surface area contributed by atoms with E-state index in [1.165, 1.54) is 0 Å². The van der Waals surface area contributed by atoms with Crippen molar-refractivity contribution in [3.05, 3.63) is 36.4 Å². The van der Waals surface area contributed by atoms with Gasteiger partial charge in [0.15, 0.2) is 5.82 Å². The number of nitrogens with one attached hydrogen (secondary N) is 1. The number of anilines is 2. The van der Waals surface area contributed by atoms with Crippen LogP contribution in [-0.4, -0.2) is 43.4 Å². The molecule has 2 aromatic rings. The van der Waals surface area contributed by atoms with Crippen molar-refractivity contribution in [3.8, 4) is 11.6 Å². The molecule has 0 radical (unpaired) electrons. The van der Waals surface area contributed by atoms with Crippen LogP contribution in [0.15, 0.2) is 36.4 Å². The number of amides is 1. The molecule has 1 fully saturated rings. The Labute approximate surface area is 147 Å². The van der Waals surface area contributed by atoms with Crippen LogP contribution in [0.4, 0.5) is 11.5 Å². The average Bonchev–Trinajstić information content (AvgIpc) is 2.68. The topological polar surface area (TPSA) is 76.6 Å². The van der Waals surface area contributed by atoms with Crippen LogP contribution in [0.25, 0.3) is 0 Å². The number of hydrogen-bond donors (Lipinski definition) is 1. The van der Waals surface area contributed by atoms with Crippen LogP contribution < -0.4 is 19.7 Å². The van der Waals surface area contributed by atoms with E-state index in [9.17, 15) is 4.79 Å². The summed E-state index contributed by atoms with van der Waals surface area (Å²) in [6.45, 7) is 1.54. The molecule has 0 unspecified atom stereocenters. The number of aromatic nitrogens is 2. The van der Waals surface area contributed by atoms with Crippen LogP contribution in [0.3, 0.4) is 0 Å². The van der Waals surface area contributed by atoms with Crippen molar-refractivity contribution in [2.45, 2.75) is 12.8 Å². The Morgan fingerprint density at radius 3 is 2.48 bits per heavy atom. The summed E-state index contributed by atoms with van der Waals surface area (Å²) in [5, 5.41) is 11.1. The second kappa shape index (κ2) is 7.83. The van der Waals surface area contributed by atoms with E-state index in [2.05, 4.69) is 20.4 Å². The molecule has 1 aromatic heterocycles. The van der Waals surface area contributed by atoms with Crippen LogP contribution in [-0.2, 0) is 4.79 Å². The third-order valence-corrected chi connectivity index (χ3v) is 4.39. The number of carbonyl (C=O) groups is 1. The molecule has 0 aliphatic carbocycles. The molecule has 1 aliphatic heterocycles. The summed E-state index contributed by atoms with van der Waals surface area (Å²) in [6, 6.07) is 11.1. The van der Waals surface area contributed by atoms with Gasteiger partial charge in [-0.15, -0.1) is 10.2 Å². The Kier molecular flexibility index (Phi) is 5.33. The average molecular weight is 342 g/mol. The van der Waals surface area contributed by atoms with Crippen LogP contribution in [0, 0.1) is 5.92 Å². The third kappa shape index (κ3) is 3.99. The summed E-state index contributed by atoms with van der Waals surface area (Å²) in [5.41, 5.74) is 0.707. The fourth-order valence-electron chi connectivity index (χ4n) is 2.94. The van der Waals surface area contributed by atoms with Gasteiger partial charge >= 0.3 is 0 Å². The Morgan fingerprint density at radius 2 is 1.84 bits per heavy atom. The Hall–Kier alpha value is -2.83. The summed E-state index contributed by atoms with van der Waals surface area (Å²) in [6.07, 6.45) is 1.55. The first-order valence-corrected chi connectivity index (χ1v) is 8.28. The van der Waals surface area contributed by atoms with Crippen molar-refractivity contribution in [3.63, 3.8) is 0 Å². The van der Waals surface area contributed by atoms with Crippen molar-refractivity contribution in [2.24, 2.45) is 5.92 Å². The predicted octanol–water partition coefficient (Wildman–Crippen LogP) is 2.35. The maximum Gasteiger partial charge on any atom is 0.233 e. The smallest absolute Gasteiger partial charge is 0.233 e. The lowest BCUT2D eigenvalue weighted by molar-refractivity contribution is -0.120. The summed E-state index contributed by atoms with van der Waals surface area (Å²) < 4.78 is 10.3. The van der Waals surface area contributed by atoms with E-state index in [-0.39, 0.29) is 11.8 Å². The minimum Gasteiger partial charge on any atom is -0.495 e. The molecule has 0 spiro atoms. The number of carbonyl (C=O) groups excluding carboxylic acids is 1. The molecular formula is C18H22N4O3. The van der Waals surface area contributed by atoms with E-state index < -0.39 is 0 Å². The standard InChI is InChI=1S/C18H22N4O3/c1-24-15-6-4-3-5-14(15)19-18(23)13-9-11-22(12-10-13)16-7-8-17(25-2)21-20-16/h3-8,13H,9-12H2,1-2H3,(H,19,23). The van der Waals surface area contributed by atoms with Crippen molar-refractivity contribution >= 4 is 17.4 Å². The van der Waals surface area contributed by atoms with Gasteiger partial charge in [0.2, 0.25) is 11.8 Å². The van der Waals surface area contributed by atoms with Crippen LogP contribution >= 0.6 is 0 Å². The predicted molar refractivity (Wildman–Crippen MR) is 95.1 cm³/mol. The zero-order chi connectivity index (χ0) is 17.6. The van der Waals surface area contributed by atoms with Gasteiger partial charge < -0.3 is 19.7 Å². The van der Waals surface area contributed by atoms with Crippen molar-refractivity contribution in [2.75, 3.05) is 37.5 Å². The molecule has 0 saturated carbocycles. The number of hydrogen-bond acceptors (Lipinski definition) is 6. The summed E-state index contributed by atoms with van der Waals surface area (Å²) in [5.74, 6) is 1.98. The molecule has 1 saturated heterocycles. The summed E-state index contributed by atoms with van der Waals surface area (Å²) in [4.78, 5) is 14.7. The van der Waals surface area contributed by atoms with Crippen LogP contribution in [0.5, 0.6) is 11.6 Å². The Morgan fingerprint density at radius 1 is 1.08 bits per heavy atom. The fourth-order valence-corrected chi connectivity index (χ4v) is 2.94. The quantitative estimate of drug-likeness (QED) is 0.899. The third-order valence-electron chi connectivity index (χ3n) is 4.39. The number of nitrogens with zero attached hydrogens (tertiary/aromatic N) is 3. The highest BCUT2D eigenvalue weighted by Gasteiger charge is 2.26. The highest BCUT2D eigenvalue weighted by atomic mass is 16.5. The van der Waals surface area contributed by atoms with E-state index in [1.54, 1.807) is 20.3 Å². The molecule has 1 amide bonds. The number of para-hydroxylation sites is 2. The lowest BCUT2D eigenvalue weighted by atomic mass is 9.95. The summed E-state index contributed by atoms with van der Waals surface area (Å²) >= 11 is 0. The van der Waals surface area contributed by atoms with Crippen molar-refractivity contribution < 1.29 is 14.3 Å². The molecule has 3 rings (SSSR count). The largest absolute Gasteiger partial charge is 0.495 e. The van der Waals surface area contributed by atoms with Gasteiger partial charge in [0.25, 0.3) is 0 Å². The van der Waals surface area contributed by atoms with Crippen LogP contribution in [0.2, 0.25) is 0 Å². The molecule has 1 N–H and O–H groups in total. The first-order valence-electron chi connectivity index (χ1n) is 8.28. The first kappa shape index (κ1) is 17.0. The Balaban J connectivity index is 1.57. The number of ether oxygens (including phenoxy) is 2. The molecule has 2 heterocycles. The lowest BCUT2D eigenvalue weighted by Crippen LogP contribution is -2.38. The van der Waals surface area contributed by atoms with Crippen molar-refractivity contribution in [1.82, 2.24) is 10.2 Å². The fraction of sp³-hybridized carbons (Fsp3) is 0.389. The van der Waals surface area contributed by atoms with Gasteiger partial charge in [0.1, 0.15) is 5.75 Å². The van der Waals surface area contributed by atoms with Gasteiger partial charge in [-0.25, -0.2) is 0 Å². The number of piperidine rings is 1. The Bertz CT molecular complexity index is 713. The molecule has 0 bridgehead atoms. The van der Waals surface area contributed by atoms with Gasteiger partial charge in [-0.1, -0.05) is 12.1 Å². The van der Waals surface area contributed by atoms with E-state index in [1.807, 2.05) is 30.3 Å². The maximum absolute atomic E-state index is 12.5. The second-order valence-corrected chi connectivity index (χ2v) is 5.88. The minimum absolute atomic E-state index is 0.0210. The molecule has 7 heteroatoms. The molecule has 1 aliphatic rings. The molecular weight excluding hydrogens is 320 g/mol. The maximum atomic E-state index is 12.5. The minimum atomic E-state index is -0.0210. The van der Waals surface area contributed by atoms with E-state index in [0.717, 1.165) is 31.7 Å². The number of methoxy groups -OCH3 is 2. The molecule has 25 heavy (non-hydrogen) atoms. The highest BCUT2D eigenvalue weighted by Crippen LogP contribution is 2.27. The van der Waals surface area contributed by atoms with Gasteiger partial charge in [0, 0.05) is 25.1 Å².